The van der Waals surface area contributed by atoms with Gasteiger partial charge in [-0.3, -0.25) is 9.59 Å². The number of phenols is 1. The van der Waals surface area contributed by atoms with Gasteiger partial charge in [0.1, 0.15) is 18.1 Å². The van der Waals surface area contributed by atoms with Gasteiger partial charge in [-0.25, -0.2) is 4.79 Å². The lowest BCUT2D eigenvalue weighted by Crippen LogP contribution is -2.45. The first-order valence-electron chi connectivity index (χ1n) is 16.2. The Morgan fingerprint density at radius 1 is 0.898 bits per heavy atom. The fraction of sp³-hybridized carbons (Fsp3) is 0.237. The number of aromatic nitrogens is 1. The maximum Gasteiger partial charge on any atom is 0.405 e. The van der Waals surface area contributed by atoms with Gasteiger partial charge in [0.25, 0.3) is 5.91 Å². The molecule has 1 aromatic heterocycles. The number of nitrogens with zero attached hydrogens (tertiary/aromatic N) is 1. The van der Waals surface area contributed by atoms with E-state index in [4.69, 9.17) is 4.74 Å². The van der Waals surface area contributed by atoms with Crippen molar-refractivity contribution in [1.82, 2.24) is 20.5 Å². The van der Waals surface area contributed by atoms with Crippen LogP contribution in [0.1, 0.15) is 57.6 Å². The molecule has 0 radical (unpaired) electrons. The van der Waals surface area contributed by atoms with Gasteiger partial charge in [-0.15, -0.1) is 0 Å². The van der Waals surface area contributed by atoms with Crippen molar-refractivity contribution < 1.29 is 29.6 Å². The average molecular weight is 663 g/mol. The fourth-order valence-corrected chi connectivity index (χ4v) is 6.23. The molecular weight excluding hydrogens is 624 g/mol. The third-order valence-electron chi connectivity index (χ3n) is 8.85. The highest BCUT2D eigenvalue weighted by atomic mass is 16.5. The molecule has 0 spiro atoms. The van der Waals surface area contributed by atoms with Crippen LogP contribution < -0.4 is 20.9 Å². The number of aliphatic hydroxyl groups excluding tert-OH is 1. The van der Waals surface area contributed by atoms with E-state index in [0.29, 0.717) is 40.9 Å². The number of hydrogen-bond donors (Lipinski definition) is 6. The second-order valence-electron chi connectivity index (χ2n) is 12.1. The van der Waals surface area contributed by atoms with Crippen LogP contribution in [0.25, 0.3) is 10.9 Å². The van der Waals surface area contributed by atoms with Crippen LogP contribution in [0.2, 0.25) is 0 Å². The quantitative estimate of drug-likeness (QED) is 0.114. The molecule has 1 saturated heterocycles. The normalized spacial score (nSPS) is 14.7. The predicted octanol–water partition coefficient (Wildman–Crippen LogP) is 5.10. The molecule has 0 saturated carbocycles. The molecule has 1 fully saturated rings. The van der Waals surface area contributed by atoms with E-state index < -0.39 is 18.2 Å². The number of aromatic amines is 1. The van der Waals surface area contributed by atoms with Crippen molar-refractivity contribution in [2.24, 2.45) is 0 Å². The number of likely N-dealkylation sites (tertiary alicyclic amines) is 1. The summed E-state index contributed by atoms with van der Waals surface area (Å²) in [5, 5.41) is 37.0. The molecule has 0 aliphatic carbocycles. The van der Waals surface area contributed by atoms with Crippen molar-refractivity contribution >= 4 is 22.9 Å². The third kappa shape index (κ3) is 8.08. The van der Waals surface area contributed by atoms with Gasteiger partial charge >= 0.3 is 6.09 Å². The minimum absolute atomic E-state index is 0.0407. The molecule has 6 rings (SSSR count). The van der Waals surface area contributed by atoms with Gasteiger partial charge < -0.3 is 40.6 Å². The predicted molar refractivity (Wildman–Crippen MR) is 185 cm³/mol. The van der Waals surface area contributed by atoms with E-state index in [1.165, 1.54) is 12.1 Å². The Kier molecular flexibility index (Phi) is 10.2. The van der Waals surface area contributed by atoms with Crippen LogP contribution in [0, 0.1) is 0 Å². The van der Waals surface area contributed by atoms with E-state index in [9.17, 15) is 29.7 Å². The van der Waals surface area contributed by atoms with Gasteiger partial charge in [0.2, 0.25) is 5.56 Å². The van der Waals surface area contributed by atoms with Crippen molar-refractivity contribution in [2.45, 2.75) is 37.6 Å². The molecule has 11 nitrogen and oxygen atoms in total. The van der Waals surface area contributed by atoms with Crippen LogP contribution in [-0.2, 0) is 6.61 Å². The number of aliphatic hydroxyl groups is 1. The molecule has 4 aromatic carbocycles. The highest BCUT2D eigenvalue weighted by Crippen LogP contribution is 2.29. The van der Waals surface area contributed by atoms with Gasteiger partial charge in [0, 0.05) is 42.7 Å². The smallest absolute Gasteiger partial charge is 0.405 e. The lowest BCUT2D eigenvalue weighted by molar-refractivity contribution is 0.0698. The van der Waals surface area contributed by atoms with Gasteiger partial charge in [0.15, 0.2) is 0 Å². The molecular formula is C38H38N4O7. The number of carbonyl (C=O) groups is 2. The summed E-state index contributed by atoms with van der Waals surface area (Å²) in [5.41, 5.74) is 3.63. The summed E-state index contributed by atoms with van der Waals surface area (Å²) in [6, 6.07) is 29.7. The van der Waals surface area contributed by atoms with E-state index in [1.54, 1.807) is 24.3 Å². The summed E-state index contributed by atoms with van der Waals surface area (Å²) >= 11 is 0. The van der Waals surface area contributed by atoms with Crippen LogP contribution in [0.4, 0.5) is 4.79 Å². The monoisotopic (exact) mass is 662 g/mol. The van der Waals surface area contributed by atoms with Gasteiger partial charge in [-0.1, -0.05) is 60.7 Å². The maximum absolute atomic E-state index is 13.3. The molecule has 2 atom stereocenters. The lowest BCUT2D eigenvalue weighted by atomic mass is 9.98. The first kappa shape index (κ1) is 33.3. The standard InChI is InChI=1S/C38H38N4O7/c43-32-15-13-30(31-14-16-34(45)40-36(31)32)33(44)22-39-28-17-19-42(20-18-28)37(46)26-11-9-24(10-12-26)23-49-29-8-4-7-27(21-29)35(41-38(47)48)25-5-2-1-3-6-25/h1-16,21,28,33,35,39,41,43-44H,17-20,22-23H2,(H,40,45)(H,47,48)/t33-,35-/m0/s1. The van der Waals surface area contributed by atoms with Crippen LogP contribution in [0.3, 0.4) is 0 Å². The zero-order valence-electron chi connectivity index (χ0n) is 26.7. The number of aromatic hydroxyl groups is 1. The number of ether oxygens (including phenoxy) is 1. The summed E-state index contributed by atoms with van der Waals surface area (Å²) in [4.78, 5) is 40.9. The number of fused-ring (bicyclic) bond motifs is 1. The molecule has 2 heterocycles. The third-order valence-corrected chi connectivity index (χ3v) is 8.85. The van der Waals surface area contributed by atoms with E-state index in [-0.39, 0.29) is 36.4 Å². The minimum atomic E-state index is -1.12. The molecule has 2 amide bonds. The minimum Gasteiger partial charge on any atom is -0.506 e. The van der Waals surface area contributed by atoms with Gasteiger partial charge in [0.05, 0.1) is 17.7 Å². The number of pyridine rings is 1. The van der Waals surface area contributed by atoms with Crippen molar-refractivity contribution in [2.75, 3.05) is 19.6 Å². The molecule has 11 heteroatoms. The zero-order chi connectivity index (χ0) is 34.3. The second kappa shape index (κ2) is 15.1. The van der Waals surface area contributed by atoms with Crippen molar-refractivity contribution in [3.63, 3.8) is 0 Å². The topological polar surface area (TPSA) is 164 Å². The van der Waals surface area contributed by atoms with Crippen molar-refractivity contribution in [3.8, 4) is 11.5 Å². The second-order valence-corrected chi connectivity index (χ2v) is 12.1. The Morgan fingerprint density at radius 3 is 2.37 bits per heavy atom. The summed E-state index contributed by atoms with van der Waals surface area (Å²) in [7, 11) is 0. The number of carboxylic acid groups (broad SMARTS) is 1. The highest BCUT2D eigenvalue weighted by Gasteiger charge is 2.25. The molecule has 1 aliphatic rings. The number of piperidine rings is 1. The number of amides is 2. The number of H-pyrrole nitrogens is 1. The Labute approximate surface area is 282 Å². The van der Waals surface area contributed by atoms with Crippen molar-refractivity contribution in [3.05, 3.63) is 141 Å². The van der Waals surface area contributed by atoms with Crippen molar-refractivity contribution in [1.29, 1.82) is 0 Å². The molecule has 6 N–H and O–H groups in total. The lowest BCUT2D eigenvalue weighted by Gasteiger charge is -2.33. The number of carbonyl (C=O) groups excluding carboxylic acids is 1. The number of phenolic OH excluding ortho intramolecular Hbond substituents is 1. The van der Waals surface area contributed by atoms with E-state index >= 15 is 0 Å². The Bertz CT molecular complexity index is 1970. The number of benzene rings is 4. The SMILES string of the molecule is O=C(O)N[C@@H](c1ccccc1)c1cccc(OCc2ccc(C(=O)N3CCC(NC[C@H](O)c4ccc(O)c5[nH]c(=O)ccc45)CC3)cc2)c1. The fourth-order valence-electron chi connectivity index (χ4n) is 6.23. The molecule has 0 bridgehead atoms. The molecule has 1 aliphatic heterocycles. The average Bonchev–Trinajstić information content (AvgIpc) is 3.13. The summed E-state index contributed by atoms with van der Waals surface area (Å²) in [5.74, 6) is 0.507. The van der Waals surface area contributed by atoms with Crippen LogP contribution in [0.15, 0.2) is 108 Å². The molecule has 252 valence electrons. The van der Waals surface area contributed by atoms with Crippen LogP contribution in [0.5, 0.6) is 11.5 Å². The summed E-state index contributed by atoms with van der Waals surface area (Å²) in [6.45, 7) is 1.73. The Hall–Kier alpha value is -5.65. The number of rotatable bonds is 11. The number of nitrogens with one attached hydrogen (secondary N) is 3. The Balaban J connectivity index is 0.991. The van der Waals surface area contributed by atoms with E-state index in [0.717, 1.165) is 29.5 Å². The van der Waals surface area contributed by atoms with E-state index in [2.05, 4.69) is 15.6 Å². The van der Waals surface area contributed by atoms with Crippen LogP contribution in [-0.4, -0.2) is 62.9 Å². The zero-order valence-corrected chi connectivity index (χ0v) is 26.7. The van der Waals surface area contributed by atoms with Gasteiger partial charge in [-0.05, 0) is 71.5 Å². The maximum atomic E-state index is 13.3. The Morgan fingerprint density at radius 2 is 1.63 bits per heavy atom. The van der Waals surface area contributed by atoms with Crippen LogP contribution >= 0.6 is 0 Å². The summed E-state index contributed by atoms with van der Waals surface area (Å²) in [6.07, 6.45) is -0.492. The first-order chi connectivity index (χ1) is 23.7. The largest absolute Gasteiger partial charge is 0.506 e. The first-order valence-corrected chi connectivity index (χ1v) is 16.2. The van der Waals surface area contributed by atoms with Gasteiger partial charge in [-0.2, -0.15) is 0 Å². The molecule has 49 heavy (non-hydrogen) atoms. The number of hydrogen-bond acceptors (Lipinski definition) is 7. The summed E-state index contributed by atoms with van der Waals surface area (Å²) < 4.78 is 6.03. The molecule has 0 unspecified atom stereocenters. The van der Waals surface area contributed by atoms with E-state index in [1.807, 2.05) is 71.6 Å². The highest BCUT2D eigenvalue weighted by molar-refractivity contribution is 5.94. The molecule has 5 aromatic rings.